The number of nitrogens with two attached hydrogens (primary N) is 1. The number of hydrogen-bond donors (Lipinski definition) is 2. The lowest BCUT2D eigenvalue weighted by atomic mass is 10.1. The zero-order chi connectivity index (χ0) is 13.7. The van der Waals surface area contributed by atoms with E-state index in [0.29, 0.717) is 4.91 Å². The van der Waals surface area contributed by atoms with Gasteiger partial charge in [-0.15, -0.1) is 0 Å². The third-order valence-corrected chi connectivity index (χ3v) is 3.24. The fraction of sp³-hybridized carbons (Fsp3) is 0.133. The van der Waals surface area contributed by atoms with Gasteiger partial charge >= 0.3 is 0 Å². The number of hydrogen-bond acceptors (Lipinski definition) is 4. The van der Waals surface area contributed by atoms with Crippen LogP contribution >= 0.6 is 11.9 Å². The van der Waals surface area contributed by atoms with Crippen molar-refractivity contribution in [1.82, 2.24) is 0 Å². The molecule has 2 aromatic rings. The van der Waals surface area contributed by atoms with E-state index in [4.69, 9.17) is 10.4 Å². The number of fused-ring (bicyclic) bond motifs is 1. The van der Waals surface area contributed by atoms with Gasteiger partial charge in [-0.05, 0) is 59.5 Å². The van der Waals surface area contributed by atoms with Crippen LogP contribution in [0.4, 0.5) is 5.69 Å². The number of benzene rings is 2. The van der Waals surface area contributed by atoms with Gasteiger partial charge in [0, 0.05) is 12.2 Å². The van der Waals surface area contributed by atoms with Crippen LogP contribution in [0.5, 0.6) is 0 Å². The van der Waals surface area contributed by atoms with Crippen molar-refractivity contribution in [2.75, 3.05) is 11.9 Å². The van der Waals surface area contributed by atoms with Gasteiger partial charge in [0.15, 0.2) is 0 Å². The van der Waals surface area contributed by atoms with Crippen LogP contribution in [0, 0.1) is 11.3 Å². The highest BCUT2D eigenvalue weighted by Crippen LogP contribution is 2.22. The van der Waals surface area contributed by atoms with E-state index in [1.165, 1.54) is 5.39 Å². The molecule has 0 radical (unpaired) electrons. The van der Waals surface area contributed by atoms with Crippen molar-refractivity contribution in [2.24, 2.45) is 5.14 Å². The molecule has 0 unspecified atom stereocenters. The van der Waals surface area contributed by atoms with Gasteiger partial charge in [0.25, 0.3) is 0 Å². The normalized spacial score (nSPS) is 11.3. The largest absolute Gasteiger partial charge is 0.385 e. The maximum atomic E-state index is 8.87. The van der Waals surface area contributed by atoms with Gasteiger partial charge in [-0.25, -0.2) is 0 Å². The number of nitriles is 1. The summed E-state index contributed by atoms with van der Waals surface area (Å²) in [5.74, 6) is 0. The fourth-order valence-corrected chi connectivity index (χ4v) is 2.17. The molecule has 3 nitrogen and oxygen atoms in total. The molecule has 0 aromatic heterocycles. The minimum atomic E-state index is 0.503. The minimum absolute atomic E-state index is 0.503. The zero-order valence-electron chi connectivity index (χ0n) is 10.7. The van der Waals surface area contributed by atoms with E-state index in [9.17, 15) is 0 Å². The second-order valence-electron chi connectivity index (χ2n) is 4.09. The highest BCUT2D eigenvalue weighted by atomic mass is 32.2. The van der Waals surface area contributed by atoms with Crippen molar-refractivity contribution >= 4 is 34.5 Å². The molecular formula is C15H15N3S. The summed E-state index contributed by atoms with van der Waals surface area (Å²) in [6.45, 7) is 2.98. The third kappa shape index (κ3) is 3.28. The van der Waals surface area contributed by atoms with Crippen LogP contribution in [-0.2, 0) is 0 Å². The molecule has 0 heterocycles. The van der Waals surface area contributed by atoms with E-state index in [-0.39, 0.29) is 0 Å². The maximum absolute atomic E-state index is 8.87. The van der Waals surface area contributed by atoms with Crippen molar-refractivity contribution in [2.45, 2.75) is 6.92 Å². The fourth-order valence-electron chi connectivity index (χ4n) is 1.91. The van der Waals surface area contributed by atoms with E-state index in [2.05, 4.69) is 48.6 Å². The van der Waals surface area contributed by atoms with Crippen LogP contribution in [0.1, 0.15) is 12.5 Å². The summed E-state index contributed by atoms with van der Waals surface area (Å²) in [4.78, 5) is 0.503. The molecule has 0 saturated carbocycles. The summed E-state index contributed by atoms with van der Waals surface area (Å²) in [5, 5.41) is 19.9. The van der Waals surface area contributed by atoms with Gasteiger partial charge in [0.05, 0.1) is 0 Å². The Bertz CT molecular complexity index is 656. The first kappa shape index (κ1) is 13.5. The Labute approximate surface area is 117 Å². The Morgan fingerprint density at radius 2 is 2.05 bits per heavy atom. The van der Waals surface area contributed by atoms with Crippen LogP contribution in [0.15, 0.2) is 41.3 Å². The summed E-state index contributed by atoms with van der Waals surface area (Å²) in [6, 6.07) is 14.4. The van der Waals surface area contributed by atoms with Gasteiger partial charge in [0.2, 0.25) is 0 Å². The lowest BCUT2D eigenvalue weighted by molar-refractivity contribution is 1.21. The van der Waals surface area contributed by atoms with Gasteiger partial charge in [-0.1, -0.05) is 18.2 Å². The predicted molar refractivity (Wildman–Crippen MR) is 83.5 cm³/mol. The quantitative estimate of drug-likeness (QED) is 0.655. The van der Waals surface area contributed by atoms with E-state index in [1.807, 2.05) is 6.07 Å². The van der Waals surface area contributed by atoms with Gasteiger partial charge in [-0.2, -0.15) is 5.26 Å². The van der Waals surface area contributed by atoms with Crippen LogP contribution in [-0.4, -0.2) is 6.54 Å². The molecule has 0 aliphatic heterocycles. The first-order valence-corrected chi connectivity index (χ1v) is 6.91. The zero-order valence-corrected chi connectivity index (χ0v) is 11.5. The summed E-state index contributed by atoms with van der Waals surface area (Å²) >= 11 is 0.969. The molecule has 0 bridgehead atoms. The van der Waals surface area contributed by atoms with Crippen LogP contribution in [0.3, 0.4) is 0 Å². The molecule has 4 heteroatoms. The topological polar surface area (TPSA) is 61.8 Å². The van der Waals surface area contributed by atoms with E-state index in [0.717, 1.165) is 35.1 Å². The van der Waals surface area contributed by atoms with E-state index in [1.54, 1.807) is 6.08 Å². The summed E-state index contributed by atoms with van der Waals surface area (Å²) < 4.78 is 0. The molecule has 3 N–H and O–H groups in total. The lowest BCUT2D eigenvalue weighted by Crippen LogP contribution is -1.95. The minimum Gasteiger partial charge on any atom is -0.385 e. The van der Waals surface area contributed by atoms with Crippen LogP contribution in [0.25, 0.3) is 16.8 Å². The van der Waals surface area contributed by atoms with Gasteiger partial charge < -0.3 is 5.32 Å². The van der Waals surface area contributed by atoms with Crippen LogP contribution < -0.4 is 10.5 Å². The Hall–Kier alpha value is -1.96. The number of anilines is 1. The molecule has 0 aliphatic rings. The highest BCUT2D eigenvalue weighted by molar-refractivity contribution is 8.01. The molecular weight excluding hydrogens is 254 g/mol. The first-order valence-electron chi connectivity index (χ1n) is 6.03. The molecule has 0 aliphatic carbocycles. The van der Waals surface area contributed by atoms with Crippen LogP contribution in [0.2, 0.25) is 0 Å². The average molecular weight is 269 g/mol. The summed E-state index contributed by atoms with van der Waals surface area (Å²) in [6.07, 6.45) is 1.79. The Kier molecular flexibility index (Phi) is 4.45. The highest BCUT2D eigenvalue weighted by Gasteiger charge is 1.99. The van der Waals surface area contributed by atoms with Crippen molar-refractivity contribution in [1.29, 1.82) is 5.26 Å². The van der Waals surface area contributed by atoms with Crippen molar-refractivity contribution in [3.63, 3.8) is 0 Å². The lowest BCUT2D eigenvalue weighted by Gasteiger charge is -2.05. The summed E-state index contributed by atoms with van der Waals surface area (Å²) in [5.41, 5.74) is 2.10. The second-order valence-corrected chi connectivity index (χ2v) is 4.77. The Morgan fingerprint density at radius 3 is 2.74 bits per heavy atom. The molecule has 0 atom stereocenters. The monoisotopic (exact) mass is 269 g/mol. The van der Waals surface area contributed by atoms with Crippen molar-refractivity contribution in [3.8, 4) is 6.07 Å². The number of nitrogens with one attached hydrogen (secondary N) is 1. The predicted octanol–water partition coefficient (Wildman–Crippen LogP) is 3.74. The molecule has 0 amide bonds. The van der Waals surface area contributed by atoms with E-state index >= 15 is 0 Å². The Balaban J connectivity index is 2.39. The number of allylic oxidation sites excluding steroid dienone is 1. The molecule has 0 fully saturated rings. The smallest absolute Gasteiger partial charge is 0.107 e. The number of nitrogens with zero attached hydrogens (tertiary/aromatic N) is 1. The molecule has 2 aromatic carbocycles. The number of rotatable bonds is 4. The SMILES string of the molecule is CCNc1ccc2cc(/C=C(\C#N)SN)ccc2c1. The maximum Gasteiger partial charge on any atom is 0.107 e. The first-order chi connectivity index (χ1) is 9.26. The van der Waals surface area contributed by atoms with Gasteiger partial charge in [0.1, 0.15) is 11.0 Å². The molecule has 19 heavy (non-hydrogen) atoms. The molecule has 96 valence electrons. The Morgan fingerprint density at radius 1 is 1.32 bits per heavy atom. The average Bonchev–Trinajstić information content (AvgIpc) is 2.45. The van der Waals surface area contributed by atoms with E-state index < -0.39 is 0 Å². The molecule has 0 saturated heterocycles. The van der Waals surface area contributed by atoms with Crippen molar-refractivity contribution < 1.29 is 0 Å². The second kappa shape index (κ2) is 6.28. The standard InChI is InChI=1S/C15H15N3S/c1-2-18-14-6-5-12-7-11(3-4-13(12)9-14)8-15(10-16)19-17/h3-9,18H,2,17H2,1H3/b15-8+. The van der Waals surface area contributed by atoms with Crippen molar-refractivity contribution in [3.05, 3.63) is 46.9 Å². The third-order valence-electron chi connectivity index (χ3n) is 2.78. The molecule has 0 spiro atoms. The molecule has 2 rings (SSSR count). The van der Waals surface area contributed by atoms with Gasteiger partial charge in [-0.3, -0.25) is 5.14 Å². The summed E-state index contributed by atoms with van der Waals surface area (Å²) in [7, 11) is 0.